The van der Waals surface area contributed by atoms with E-state index in [0.29, 0.717) is 13.0 Å². The Morgan fingerprint density at radius 3 is 2.29 bits per heavy atom. The van der Waals surface area contributed by atoms with Crippen molar-refractivity contribution < 1.29 is 19.4 Å². The van der Waals surface area contributed by atoms with Crippen LogP contribution in [0.2, 0.25) is 0 Å². The van der Waals surface area contributed by atoms with Crippen LogP contribution in [0.3, 0.4) is 0 Å². The molecule has 1 atom stereocenters. The molecule has 0 heterocycles. The number of nitrogens with zero attached hydrogens (tertiary/aromatic N) is 1. The van der Waals surface area contributed by atoms with Crippen molar-refractivity contribution in [2.24, 2.45) is 0 Å². The number of benzene rings is 3. The van der Waals surface area contributed by atoms with Crippen molar-refractivity contribution in [2.75, 3.05) is 20.1 Å². The van der Waals surface area contributed by atoms with Gasteiger partial charge in [0.2, 0.25) is 0 Å². The number of carboxylic acid groups (broad SMARTS) is 1. The normalized spacial score (nSPS) is 11.9. The number of hydrogen-bond acceptors (Lipinski definition) is 4. The summed E-state index contributed by atoms with van der Waals surface area (Å²) in [4.78, 5) is 12.7. The highest BCUT2D eigenvalue weighted by Gasteiger charge is 2.17. The number of carboxylic acids is 1. The average molecular weight is 420 g/mol. The third kappa shape index (κ3) is 6.86. The highest BCUT2D eigenvalue weighted by Crippen LogP contribution is 2.31. The number of ether oxygens (including phenoxy) is 2. The SMILES string of the molecule is Cc1ccc(Oc2ccc(OC(CCN(C)CC(=O)O)c3ccccc3)c(C)c2)cc1. The fourth-order valence-electron chi connectivity index (χ4n) is 3.32. The third-order valence-electron chi connectivity index (χ3n) is 5.02. The fourth-order valence-corrected chi connectivity index (χ4v) is 3.32. The van der Waals surface area contributed by atoms with Gasteiger partial charge in [-0.15, -0.1) is 0 Å². The Hall–Kier alpha value is -3.31. The number of likely N-dealkylation sites (N-methyl/N-ethyl adjacent to an activating group) is 1. The Balaban J connectivity index is 1.72. The maximum atomic E-state index is 11.0. The smallest absolute Gasteiger partial charge is 0.317 e. The second-order valence-electron chi connectivity index (χ2n) is 7.78. The molecule has 5 heteroatoms. The minimum Gasteiger partial charge on any atom is -0.485 e. The number of aliphatic carboxylic acids is 1. The molecule has 0 aliphatic carbocycles. The van der Waals surface area contributed by atoms with E-state index >= 15 is 0 Å². The molecular weight excluding hydrogens is 390 g/mol. The first-order valence-corrected chi connectivity index (χ1v) is 10.4. The first-order chi connectivity index (χ1) is 14.9. The van der Waals surface area contributed by atoms with Gasteiger partial charge in [0, 0.05) is 13.0 Å². The van der Waals surface area contributed by atoms with Gasteiger partial charge in [-0.1, -0.05) is 48.0 Å². The summed E-state index contributed by atoms with van der Waals surface area (Å²) in [7, 11) is 1.80. The van der Waals surface area contributed by atoms with Crippen molar-refractivity contribution in [1.29, 1.82) is 0 Å². The lowest BCUT2D eigenvalue weighted by atomic mass is 10.1. The van der Waals surface area contributed by atoms with Gasteiger partial charge < -0.3 is 14.6 Å². The third-order valence-corrected chi connectivity index (χ3v) is 5.02. The summed E-state index contributed by atoms with van der Waals surface area (Å²) in [6.07, 6.45) is 0.495. The van der Waals surface area contributed by atoms with Gasteiger partial charge in [0.25, 0.3) is 0 Å². The summed E-state index contributed by atoms with van der Waals surface area (Å²) in [6.45, 7) is 4.66. The Morgan fingerprint density at radius 2 is 1.65 bits per heavy atom. The van der Waals surface area contributed by atoms with E-state index in [1.165, 1.54) is 5.56 Å². The molecule has 0 amide bonds. The topological polar surface area (TPSA) is 59.0 Å². The summed E-state index contributed by atoms with van der Waals surface area (Å²) in [6, 6.07) is 23.7. The van der Waals surface area contributed by atoms with Crippen molar-refractivity contribution >= 4 is 5.97 Å². The molecule has 0 radical (unpaired) electrons. The number of hydrogen-bond donors (Lipinski definition) is 1. The van der Waals surface area contributed by atoms with Crippen LogP contribution in [0.15, 0.2) is 72.8 Å². The summed E-state index contributed by atoms with van der Waals surface area (Å²) in [5.74, 6) is 1.50. The van der Waals surface area contributed by atoms with Crippen LogP contribution in [0.5, 0.6) is 17.2 Å². The van der Waals surface area contributed by atoms with Gasteiger partial charge in [-0.25, -0.2) is 0 Å². The van der Waals surface area contributed by atoms with Gasteiger partial charge in [-0.3, -0.25) is 9.69 Å². The van der Waals surface area contributed by atoms with Crippen molar-refractivity contribution in [3.05, 3.63) is 89.5 Å². The standard InChI is InChI=1S/C26H29NO4/c1-19-9-11-22(12-10-19)30-23-13-14-24(20(2)17-23)31-25(21-7-5-4-6-8-21)15-16-27(3)18-26(28)29/h4-14,17,25H,15-16,18H2,1-3H3,(H,28,29). The lowest BCUT2D eigenvalue weighted by Gasteiger charge is -2.23. The van der Waals surface area contributed by atoms with Crippen LogP contribution in [0.25, 0.3) is 0 Å². The molecule has 0 saturated heterocycles. The predicted molar refractivity (Wildman–Crippen MR) is 122 cm³/mol. The van der Waals surface area contributed by atoms with Crippen LogP contribution in [0, 0.1) is 13.8 Å². The van der Waals surface area contributed by atoms with E-state index in [0.717, 1.165) is 28.4 Å². The molecule has 0 aromatic heterocycles. The Labute approximate surface area is 183 Å². The maximum absolute atomic E-state index is 11.0. The molecule has 162 valence electrons. The van der Waals surface area contributed by atoms with Crippen molar-refractivity contribution in [2.45, 2.75) is 26.4 Å². The van der Waals surface area contributed by atoms with E-state index in [1.54, 1.807) is 11.9 Å². The van der Waals surface area contributed by atoms with Crippen LogP contribution in [-0.2, 0) is 4.79 Å². The zero-order valence-corrected chi connectivity index (χ0v) is 18.2. The molecule has 5 nitrogen and oxygen atoms in total. The van der Waals surface area contributed by atoms with E-state index in [-0.39, 0.29) is 12.6 Å². The Morgan fingerprint density at radius 1 is 0.968 bits per heavy atom. The lowest BCUT2D eigenvalue weighted by molar-refractivity contribution is -0.138. The van der Waals surface area contributed by atoms with Gasteiger partial charge in [-0.2, -0.15) is 0 Å². The zero-order chi connectivity index (χ0) is 22.2. The molecule has 3 aromatic carbocycles. The van der Waals surface area contributed by atoms with E-state index in [9.17, 15) is 4.79 Å². The summed E-state index contributed by atoms with van der Waals surface area (Å²) < 4.78 is 12.3. The molecule has 1 unspecified atom stereocenters. The molecule has 1 N–H and O–H groups in total. The van der Waals surface area contributed by atoms with Crippen LogP contribution in [-0.4, -0.2) is 36.1 Å². The minimum atomic E-state index is -0.834. The van der Waals surface area contributed by atoms with Crippen molar-refractivity contribution in [1.82, 2.24) is 4.90 Å². The molecule has 0 fully saturated rings. The van der Waals surface area contributed by atoms with Gasteiger partial charge >= 0.3 is 5.97 Å². The number of carbonyl (C=O) groups is 1. The van der Waals surface area contributed by atoms with E-state index < -0.39 is 5.97 Å². The average Bonchev–Trinajstić information content (AvgIpc) is 2.74. The van der Waals surface area contributed by atoms with Crippen LogP contribution in [0.1, 0.15) is 29.2 Å². The summed E-state index contributed by atoms with van der Waals surface area (Å²) in [5.41, 5.74) is 3.23. The van der Waals surface area contributed by atoms with Crippen molar-refractivity contribution in [3.63, 3.8) is 0 Å². The van der Waals surface area contributed by atoms with Gasteiger partial charge in [0.05, 0.1) is 6.54 Å². The zero-order valence-electron chi connectivity index (χ0n) is 18.2. The second kappa shape index (κ2) is 10.6. The Bertz CT molecular complexity index is 986. The number of aryl methyl sites for hydroxylation is 2. The van der Waals surface area contributed by atoms with E-state index in [1.807, 2.05) is 86.6 Å². The first kappa shape index (κ1) is 22.4. The lowest BCUT2D eigenvalue weighted by Crippen LogP contribution is -2.28. The predicted octanol–water partition coefficient (Wildman–Crippen LogP) is 5.62. The van der Waals surface area contributed by atoms with Gasteiger partial charge in [0.15, 0.2) is 0 Å². The molecule has 0 spiro atoms. The molecule has 31 heavy (non-hydrogen) atoms. The molecule has 0 aliphatic rings. The molecule has 3 rings (SSSR count). The quantitative estimate of drug-likeness (QED) is 0.462. The summed E-state index contributed by atoms with van der Waals surface area (Å²) >= 11 is 0. The van der Waals surface area contributed by atoms with Crippen LogP contribution < -0.4 is 9.47 Å². The molecule has 0 aliphatic heterocycles. The van der Waals surface area contributed by atoms with Gasteiger partial charge in [-0.05, 0) is 62.4 Å². The van der Waals surface area contributed by atoms with E-state index in [4.69, 9.17) is 14.6 Å². The first-order valence-electron chi connectivity index (χ1n) is 10.4. The maximum Gasteiger partial charge on any atom is 0.317 e. The molecule has 0 saturated carbocycles. The number of rotatable bonds is 10. The van der Waals surface area contributed by atoms with Crippen molar-refractivity contribution in [3.8, 4) is 17.2 Å². The van der Waals surface area contributed by atoms with Crippen LogP contribution >= 0.6 is 0 Å². The van der Waals surface area contributed by atoms with Crippen LogP contribution in [0.4, 0.5) is 0 Å². The molecular formula is C26H29NO4. The largest absolute Gasteiger partial charge is 0.485 e. The fraction of sp³-hybridized carbons (Fsp3) is 0.269. The van der Waals surface area contributed by atoms with E-state index in [2.05, 4.69) is 0 Å². The second-order valence-corrected chi connectivity index (χ2v) is 7.78. The summed E-state index contributed by atoms with van der Waals surface area (Å²) in [5, 5.41) is 9.00. The molecule has 0 bridgehead atoms. The highest BCUT2D eigenvalue weighted by atomic mass is 16.5. The van der Waals surface area contributed by atoms with Gasteiger partial charge in [0.1, 0.15) is 23.4 Å². The Kier molecular flexibility index (Phi) is 7.68. The minimum absolute atomic E-state index is 0.00554. The molecule has 3 aromatic rings. The monoisotopic (exact) mass is 419 g/mol. The highest BCUT2D eigenvalue weighted by molar-refractivity contribution is 5.69.